The fraction of sp³-hybridized carbons (Fsp3) is 0.167. The smallest absolute Gasteiger partial charge is 0.429 e. The fourth-order valence-corrected chi connectivity index (χ4v) is 4.89. The van der Waals surface area contributed by atoms with E-state index in [1.807, 2.05) is 57.2 Å². The predicted molar refractivity (Wildman–Crippen MR) is 143 cm³/mol. The molecule has 0 saturated carbocycles. The number of carbonyl (C=O) groups excluding carboxylic acids is 1. The highest BCUT2D eigenvalue weighted by molar-refractivity contribution is 7.89. The summed E-state index contributed by atoms with van der Waals surface area (Å²) < 4.78 is 39.2. The molecule has 0 atom stereocenters. The molecule has 0 bridgehead atoms. The predicted octanol–water partition coefficient (Wildman–Crippen LogP) is 7.17. The Morgan fingerprint density at radius 3 is 1.78 bits per heavy atom. The molecule has 0 heterocycles. The first-order valence-corrected chi connectivity index (χ1v) is 13.3. The maximum absolute atomic E-state index is 13.6. The first kappa shape index (κ1) is 26.0. The molecule has 0 N–H and O–H groups in total. The van der Waals surface area contributed by atoms with Gasteiger partial charge in [-0.3, -0.25) is 0 Å². The van der Waals surface area contributed by atoms with E-state index in [0.717, 1.165) is 9.87 Å². The molecule has 0 unspecified atom stereocenters. The molecule has 0 fully saturated rings. The van der Waals surface area contributed by atoms with Gasteiger partial charge in [0.15, 0.2) is 0 Å². The zero-order chi connectivity index (χ0) is 26.5. The summed E-state index contributed by atoms with van der Waals surface area (Å²) in [5, 5.41) is 0. The molecule has 1 amide bonds. The van der Waals surface area contributed by atoms with Crippen LogP contribution in [0.5, 0.6) is 17.2 Å². The maximum atomic E-state index is 13.6. The number of benzene rings is 4. The molecule has 4 aromatic carbocycles. The molecule has 0 aromatic heterocycles. The molecule has 190 valence electrons. The number of hydrogen-bond donors (Lipinski definition) is 0. The number of amides is 1. The van der Waals surface area contributed by atoms with Crippen LogP contribution in [0.1, 0.15) is 31.9 Å². The molecular weight excluding hydrogens is 486 g/mol. The molecule has 0 aliphatic rings. The molecule has 0 saturated heterocycles. The quantitative estimate of drug-likeness (QED) is 0.261. The van der Waals surface area contributed by atoms with Gasteiger partial charge >= 0.3 is 6.09 Å². The van der Waals surface area contributed by atoms with E-state index in [-0.39, 0.29) is 22.6 Å². The van der Waals surface area contributed by atoms with Crippen molar-refractivity contribution in [2.24, 2.45) is 0 Å². The molecule has 37 heavy (non-hydrogen) atoms. The highest BCUT2D eigenvalue weighted by Crippen LogP contribution is 2.27. The van der Waals surface area contributed by atoms with Gasteiger partial charge < -0.3 is 9.47 Å². The van der Waals surface area contributed by atoms with Crippen LogP contribution in [0.3, 0.4) is 0 Å². The van der Waals surface area contributed by atoms with Crippen LogP contribution in [0.4, 0.5) is 4.79 Å². The van der Waals surface area contributed by atoms with E-state index >= 15 is 0 Å². The number of nitrogens with zero attached hydrogens (tertiary/aromatic N) is 1. The molecule has 7 heteroatoms. The Morgan fingerprint density at radius 1 is 0.703 bits per heavy atom. The second kappa shape index (κ2) is 10.9. The minimum absolute atomic E-state index is 0.0139. The van der Waals surface area contributed by atoms with E-state index in [4.69, 9.17) is 9.47 Å². The van der Waals surface area contributed by atoms with E-state index in [9.17, 15) is 13.2 Å². The molecule has 0 spiro atoms. The minimum Gasteiger partial charge on any atom is -0.457 e. The lowest BCUT2D eigenvalue weighted by Crippen LogP contribution is -2.38. The first-order chi connectivity index (χ1) is 17.6. The summed E-state index contributed by atoms with van der Waals surface area (Å²) >= 11 is 0. The van der Waals surface area contributed by atoms with Gasteiger partial charge in [0.05, 0.1) is 11.4 Å². The summed E-state index contributed by atoms with van der Waals surface area (Å²) in [6, 6.07) is 31.2. The topological polar surface area (TPSA) is 72.9 Å². The lowest BCUT2D eigenvalue weighted by Gasteiger charge is -2.23. The molecule has 0 radical (unpaired) electrons. The highest BCUT2D eigenvalue weighted by atomic mass is 32.2. The van der Waals surface area contributed by atoms with Crippen molar-refractivity contribution in [2.45, 2.75) is 37.6 Å². The number of para-hydroxylation sites is 1. The zero-order valence-corrected chi connectivity index (χ0v) is 21.8. The first-order valence-electron chi connectivity index (χ1n) is 11.8. The lowest BCUT2D eigenvalue weighted by molar-refractivity contribution is 0.177. The molecule has 4 aromatic rings. The standard InChI is InChI=1S/C30H29NO5S/c1-30(2,3)24-14-20-28(21-15-24)37(33,34)31(22-23-10-6-4-7-11-23)29(32)36-27-18-16-26(17-19-27)35-25-12-8-5-9-13-25/h4-21H,22H2,1-3H3. The number of ether oxygens (including phenoxy) is 2. The molecule has 0 aliphatic carbocycles. The molecule has 6 nitrogen and oxygen atoms in total. The van der Waals surface area contributed by atoms with Crippen LogP contribution in [0.15, 0.2) is 114 Å². The van der Waals surface area contributed by atoms with Crippen LogP contribution < -0.4 is 9.47 Å². The average Bonchev–Trinajstić information content (AvgIpc) is 2.89. The summed E-state index contributed by atoms with van der Waals surface area (Å²) in [7, 11) is -4.20. The van der Waals surface area contributed by atoms with E-state index in [1.165, 1.54) is 12.1 Å². The molecule has 0 aliphatic heterocycles. The van der Waals surface area contributed by atoms with E-state index in [1.54, 1.807) is 60.7 Å². The Balaban J connectivity index is 1.57. The van der Waals surface area contributed by atoms with Crippen LogP contribution in [0.25, 0.3) is 0 Å². The number of hydrogen-bond acceptors (Lipinski definition) is 5. The number of carbonyl (C=O) groups is 1. The summed E-state index contributed by atoms with van der Waals surface area (Å²) in [4.78, 5) is 13.2. The van der Waals surface area contributed by atoms with Crippen molar-refractivity contribution in [3.05, 3.63) is 120 Å². The van der Waals surface area contributed by atoms with Crippen molar-refractivity contribution in [1.29, 1.82) is 0 Å². The summed E-state index contributed by atoms with van der Waals surface area (Å²) in [5.74, 6) is 1.42. The third-order valence-electron chi connectivity index (χ3n) is 5.69. The Kier molecular flexibility index (Phi) is 7.64. The Bertz CT molecular complexity index is 1430. The molecule has 4 rings (SSSR count). The highest BCUT2D eigenvalue weighted by Gasteiger charge is 2.31. The summed E-state index contributed by atoms with van der Waals surface area (Å²) in [6.45, 7) is 5.97. The third kappa shape index (κ3) is 6.57. The van der Waals surface area contributed by atoms with Gasteiger partial charge in [0.1, 0.15) is 17.2 Å². The van der Waals surface area contributed by atoms with Crippen LogP contribution >= 0.6 is 0 Å². The Labute approximate surface area is 218 Å². The Morgan fingerprint density at radius 2 is 1.22 bits per heavy atom. The van der Waals surface area contributed by atoms with Gasteiger partial charge in [0, 0.05) is 0 Å². The second-order valence-electron chi connectivity index (χ2n) is 9.53. The van der Waals surface area contributed by atoms with Crippen molar-refractivity contribution in [2.75, 3.05) is 0 Å². The number of sulfonamides is 1. The minimum atomic E-state index is -4.20. The number of rotatable bonds is 7. The summed E-state index contributed by atoms with van der Waals surface area (Å²) in [6.07, 6.45) is -1.000. The third-order valence-corrected chi connectivity index (χ3v) is 7.42. The fourth-order valence-electron chi connectivity index (χ4n) is 3.60. The zero-order valence-electron chi connectivity index (χ0n) is 21.0. The van der Waals surface area contributed by atoms with Crippen molar-refractivity contribution in [1.82, 2.24) is 4.31 Å². The second-order valence-corrected chi connectivity index (χ2v) is 11.4. The van der Waals surface area contributed by atoms with Crippen molar-refractivity contribution in [3.8, 4) is 17.2 Å². The van der Waals surface area contributed by atoms with Crippen LogP contribution in [-0.4, -0.2) is 18.8 Å². The van der Waals surface area contributed by atoms with Crippen LogP contribution in [0.2, 0.25) is 0 Å². The van der Waals surface area contributed by atoms with Gasteiger partial charge in [-0.2, -0.15) is 4.31 Å². The van der Waals surface area contributed by atoms with Gasteiger partial charge in [-0.15, -0.1) is 0 Å². The van der Waals surface area contributed by atoms with E-state index in [0.29, 0.717) is 17.1 Å². The largest absolute Gasteiger partial charge is 0.457 e. The van der Waals surface area contributed by atoms with E-state index < -0.39 is 16.1 Å². The van der Waals surface area contributed by atoms with Gasteiger partial charge in [-0.05, 0) is 65.1 Å². The average molecular weight is 516 g/mol. The van der Waals surface area contributed by atoms with Gasteiger partial charge in [0.2, 0.25) is 0 Å². The summed E-state index contributed by atoms with van der Waals surface area (Å²) in [5.41, 5.74) is 1.50. The van der Waals surface area contributed by atoms with Gasteiger partial charge in [-0.25, -0.2) is 13.2 Å². The van der Waals surface area contributed by atoms with Gasteiger partial charge in [-0.1, -0.05) is 81.4 Å². The van der Waals surface area contributed by atoms with Crippen LogP contribution in [-0.2, 0) is 22.0 Å². The van der Waals surface area contributed by atoms with Crippen molar-refractivity contribution in [3.63, 3.8) is 0 Å². The van der Waals surface area contributed by atoms with Crippen molar-refractivity contribution >= 4 is 16.1 Å². The van der Waals surface area contributed by atoms with Crippen LogP contribution in [0, 0.1) is 0 Å². The van der Waals surface area contributed by atoms with Gasteiger partial charge in [0.25, 0.3) is 10.0 Å². The monoisotopic (exact) mass is 515 g/mol. The molecular formula is C30H29NO5S. The Hall–Kier alpha value is -4.10. The normalized spacial score (nSPS) is 11.5. The lowest BCUT2D eigenvalue weighted by atomic mass is 9.87. The maximum Gasteiger partial charge on any atom is 0.429 e. The SMILES string of the molecule is CC(C)(C)c1ccc(S(=O)(=O)N(Cc2ccccc2)C(=O)Oc2ccc(Oc3ccccc3)cc2)cc1. The van der Waals surface area contributed by atoms with Crippen molar-refractivity contribution < 1.29 is 22.7 Å². The van der Waals surface area contributed by atoms with E-state index in [2.05, 4.69) is 0 Å².